The van der Waals surface area contributed by atoms with Crippen molar-refractivity contribution >= 4 is 17.8 Å². The van der Waals surface area contributed by atoms with E-state index in [0.717, 1.165) is 24.0 Å². The molecule has 1 atom stereocenters. The van der Waals surface area contributed by atoms with Crippen LogP contribution >= 0.6 is 0 Å². The summed E-state index contributed by atoms with van der Waals surface area (Å²) in [5, 5.41) is 12.3. The van der Waals surface area contributed by atoms with Crippen molar-refractivity contribution < 1.29 is 29.0 Å². The topological polar surface area (TPSA) is 102 Å². The highest BCUT2D eigenvalue weighted by Crippen LogP contribution is 2.19. The van der Waals surface area contributed by atoms with E-state index in [4.69, 9.17) is 9.47 Å². The summed E-state index contributed by atoms with van der Waals surface area (Å²) in [4.78, 5) is 37.2. The molecule has 0 aromatic heterocycles. The number of rotatable bonds is 14. The normalized spacial score (nSPS) is 11.5. The first-order valence-corrected chi connectivity index (χ1v) is 13.4. The number of amides is 1. The van der Waals surface area contributed by atoms with Crippen molar-refractivity contribution in [2.45, 2.75) is 65.3 Å². The first-order valence-electron chi connectivity index (χ1n) is 13.4. The van der Waals surface area contributed by atoms with Gasteiger partial charge in [0.1, 0.15) is 17.5 Å². The second kappa shape index (κ2) is 14.7. The molecule has 7 nitrogen and oxygen atoms in total. The number of hydrogen-bond acceptors (Lipinski definition) is 5. The Balaban J connectivity index is 1.53. The van der Waals surface area contributed by atoms with Crippen molar-refractivity contribution in [2.75, 3.05) is 6.61 Å². The largest absolute Gasteiger partial charge is 0.494 e. The van der Waals surface area contributed by atoms with Crippen molar-refractivity contribution in [3.63, 3.8) is 0 Å². The number of aliphatic carboxylic acids is 1. The number of unbranched alkanes of at least 4 members (excludes halogenated alkanes) is 4. The fourth-order valence-electron chi connectivity index (χ4n) is 4.28. The molecule has 3 rings (SSSR count). The Hall–Kier alpha value is -4.13. The van der Waals surface area contributed by atoms with Gasteiger partial charge in [0.05, 0.1) is 12.2 Å². The van der Waals surface area contributed by atoms with Gasteiger partial charge >= 0.3 is 11.9 Å². The molecule has 0 saturated heterocycles. The number of hydrogen-bond donors (Lipinski definition) is 2. The summed E-state index contributed by atoms with van der Waals surface area (Å²) >= 11 is 0. The van der Waals surface area contributed by atoms with Gasteiger partial charge in [-0.1, -0.05) is 62.9 Å². The number of ether oxygens (including phenoxy) is 2. The average Bonchev–Trinajstić information content (AvgIpc) is 2.91. The van der Waals surface area contributed by atoms with Gasteiger partial charge < -0.3 is 19.9 Å². The fourth-order valence-corrected chi connectivity index (χ4v) is 4.28. The first kappa shape index (κ1) is 29.4. The quantitative estimate of drug-likeness (QED) is 0.144. The lowest BCUT2D eigenvalue weighted by Gasteiger charge is -2.17. The maximum absolute atomic E-state index is 12.8. The fraction of sp³-hybridized carbons (Fsp3) is 0.344. The van der Waals surface area contributed by atoms with E-state index in [9.17, 15) is 19.5 Å². The molecule has 2 N–H and O–H groups in total. The molecule has 1 amide bonds. The smallest absolute Gasteiger partial charge is 0.343 e. The number of carbonyl (C=O) groups is 3. The number of carbonyl (C=O) groups excluding carboxylic acids is 2. The zero-order valence-corrected chi connectivity index (χ0v) is 22.9. The van der Waals surface area contributed by atoms with Gasteiger partial charge in [0.25, 0.3) is 5.91 Å². The van der Waals surface area contributed by atoms with Gasteiger partial charge in [0, 0.05) is 12.0 Å². The van der Waals surface area contributed by atoms with Crippen LogP contribution in [0, 0.1) is 13.8 Å². The van der Waals surface area contributed by atoms with Crippen LogP contribution in [0.2, 0.25) is 0 Å². The summed E-state index contributed by atoms with van der Waals surface area (Å²) in [6, 6.07) is 17.8. The van der Waals surface area contributed by atoms with Crippen LogP contribution < -0.4 is 14.8 Å². The van der Waals surface area contributed by atoms with Gasteiger partial charge in [-0.15, -0.1) is 0 Å². The predicted octanol–water partition coefficient (Wildman–Crippen LogP) is 6.30. The molecule has 3 aromatic rings. The lowest BCUT2D eigenvalue weighted by molar-refractivity contribution is -0.139. The molecular weight excluding hydrogens is 494 g/mol. The molecule has 0 aliphatic heterocycles. The van der Waals surface area contributed by atoms with Crippen LogP contribution in [0.25, 0.3) is 0 Å². The summed E-state index contributed by atoms with van der Waals surface area (Å²) < 4.78 is 11.2. The molecule has 0 radical (unpaired) electrons. The Morgan fingerprint density at radius 1 is 0.821 bits per heavy atom. The van der Waals surface area contributed by atoms with Crippen molar-refractivity contribution in [3.05, 3.63) is 94.5 Å². The second-order valence-electron chi connectivity index (χ2n) is 9.66. The Labute approximate surface area is 230 Å². The van der Waals surface area contributed by atoms with Crippen LogP contribution in [0.3, 0.4) is 0 Å². The molecule has 0 spiro atoms. The van der Waals surface area contributed by atoms with E-state index in [1.54, 1.807) is 48.5 Å². The zero-order chi connectivity index (χ0) is 28.2. The minimum absolute atomic E-state index is 0.0836. The maximum atomic E-state index is 12.8. The predicted molar refractivity (Wildman–Crippen MR) is 151 cm³/mol. The third-order valence-corrected chi connectivity index (χ3v) is 6.49. The van der Waals surface area contributed by atoms with Crippen LogP contribution in [-0.2, 0) is 11.2 Å². The van der Waals surface area contributed by atoms with E-state index in [1.807, 2.05) is 32.0 Å². The van der Waals surface area contributed by atoms with Gasteiger partial charge in [-0.3, -0.25) is 4.79 Å². The zero-order valence-electron chi connectivity index (χ0n) is 22.9. The van der Waals surface area contributed by atoms with Crippen LogP contribution in [0.1, 0.15) is 76.4 Å². The highest BCUT2D eigenvalue weighted by Gasteiger charge is 2.23. The van der Waals surface area contributed by atoms with E-state index in [-0.39, 0.29) is 6.42 Å². The minimum atomic E-state index is -1.13. The Morgan fingerprint density at radius 3 is 2.05 bits per heavy atom. The lowest BCUT2D eigenvalue weighted by Crippen LogP contribution is -2.42. The molecule has 0 heterocycles. The Kier molecular flexibility index (Phi) is 11.1. The summed E-state index contributed by atoms with van der Waals surface area (Å²) in [5.41, 5.74) is 3.12. The van der Waals surface area contributed by atoms with E-state index in [2.05, 4.69) is 12.2 Å². The molecule has 0 aliphatic rings. The van der Waals surface area contributed by atoms with Crippen molar-refractivity contribution in [3.8, 4) is 11.5 Å². The molecule has 3 aromatic carbocycles. The molecule has 0 saturated carbocycles. The van der Waals surface area contributed by atoms with Gasteiger partial charge in [0.2, 0.25) is 0 Å². The van der Waals surface area contributed by atoms with Crippen molar-refractivity contribution in [2.24, 2.45) is 0 Å². The monoisotopic (exact) mass is 531 g/mol. The van der Waals surface area contributed by atoms with Crippen LogP contribution in [0.4, 0.5) is 0 Å². The molecule has 0 bridgehead atoms. The lowest BCUT2D eigenvalue weighted by atomic mass is 10.0. The van der Waals surface area contributed by atoms with E-state index in [0.29, 0.717) is 34.8 Å². The molecule has 0 aliphatic carbocycles. The third kappa shape index (κ3) is 8.99. The summed E-state index contributed by atoms with van der Waals surface area (Å²) in [5.74, 6) is -1.01. The highest BCUT2D eigenvalue weighted by atomic mass is 16.5. The van der Waals surface area contributed by atoms with Crippen LogP contribution in [-0.4, -0.2) is 35.6 Å². The number of carboxylic acids is 1. The molecule has 206 valence electrons. The van der Waals surface area contributed by atoms with E-state index >= 15 is 0 Å². The molecule has 39 heavy (non-hydrogen) atoms. The van der Waals surface area contributed by atoms with Crippen LogP contribution in [0.15, 0.2) is 66.7 Å². The minimum Gasteiger partial charge on any atom is -0.494 e. The average molecular weight is 532 g/mol. The third-order valence-electron chi connectivity index (χ3n) is 6.49. The molecular formula is C32H37NO6. The Morgan fingerprint density at radius 2 is 1.44 bits per heavy atom. The van der Waals surface area contributed by atoms with Gasteiger partial charge in [0.15, 0.2) is 0 Å². The summed E-state index contributed by atoms with van der Waals surface area (Å²) in [7, 11) is 0. The number of benzene rings is 3. The SMILES string of the molecule is CCCCCCCOc1ccc(C(=O)Oc2ccc(C[C@H](NC(=O)c3c(C)cccc3C)C(=O)O)cc2)cc1. The molecule has 0 unspecified atom stereocenters. The number of aryl methyl sites for hydroxylation is 2. The summed E-state index contributed by atoms with van der Waals surface area (Å²) in [6.07, 6.45) is 5.91. The number of esters is 1. The highest BCUT2D eigenvalue weighted by molar-refractivity contribution is 5.99. The van der Waals surface area contributed by atoms with E-state index < -0.39 is 23.9 Å². The number of carboxylic acid groups (broad SMARTS) is 1. The first-order chi connectivity index (χ1) is 18.8. The molecule has 7 heteroatoms. The summed E-state index contributed by atoms with van der Waals surface area (Å²) in [6.45, 7) is 6.47. The maximum Gasteiger partial charge on any atom is 0.343 e. The van der Waals surface area contributed by atoms with Gasteiger partial charge in [-0.25, -0.2) is 9.59 Å². The van der Waals surface area contributed by atoms with Crippen molar-refractivity contribution in [1.29, 1.82) is 0 Å². The second-order valence-corrected chi connectivity index (χ2v) is 9.66. The van der Waals surface area contributed by atoms with Gasteiger partial charge in [-0.2, -0.15) is 0 Å². The number of nitrogens with one attached hydrogen (secondary N) is 1. The van der Waals surface area contributed by atoms with E-state index in [1.165, 1.54) is 19.3 Å². The standard InChI is InChI=1S/C32H37NO6/c1-4-5-6-7-8-20-38-26-18-14-25(15-19-26)32(37)39-27-16-12-24(13-17-27)21-28(31(35)36)33-30(34)29-22(2)10-9-11-23(29)3/h9-19,28H,4-8,20-21H2,1-3H3,(H,33,34)(H,35,36)/t28-/m0/s1. The van der Waals surface area contributed by atoms with Gasteiger partial charge in [-0.05, 0) is 73.4 Å². The van der Waals surface area contributed by atoms with Crippen LogP contribution in [0.5, 0.6) is 11.5 Å². The Bertz CT molecular complexity index is 1230. The molecule has 0 fully saturated rings. The van der Waals surface area contributed by atoms with Crippen molar-refractivity contribution in [1.82, 2.24) is 5.32 Å².